The first-order chi connectivity index (χ1) is 8.63. The average Bonchev–Trinajstić information content (AvgIpc) is 2.73. The summed E-state index contributed by atoms with van der Waals surface area (Å²) in [5.41, 5.74) is 2.30. The molecule has 0 saturated heterocycles. The lowest BCUT2D eigenvalue weighted by Gasteiger charge is -1.95. The van der Waals surface area contributed by atoms with E-state index in [-0.39, 0.29) is 5.15 Å². The predicted octanol–water partition coefficient (Wildman–Crippen LogP) is 4.69. The molecule has 0 aliphatic heterocycles. The lowest BCUT2D eigenvalue weighted by molar-refractivity contribution is 1.30. The molecule has 0 atom stereocenters. The zero-order chi connectivity index (χ0) is 12.7. The summed E-state index contributed by atoms with van der Waals surface area (Å²) in [7, 11) is 0. The number of fused-ring (bicyclic) bond motifs is 1. The van der Waals surface area contributed by atoms with Gasteiger partial charge in [0.1, 0.15) is 11.0 Å². The van der Waals surface area contributed by atoms with Gasteiger partial charge in [0.25, 0.3) is 0 Å². The Labute approximate surface area is 121 Å². The Morgan fingerprint density at radius 3 is 2.50 bits per heavy atom. The first-order valence-electron chi connectivity index (χ1n) is 5.11. The Hall–Kier alpha value is -1.10. The molecule has 6 heteroatoms. The summed E-state index contributed by atoms with van der Waals surface area (Å²) in [5.74, 6) is 0.739. The van der Waals surface area contributed by atoms with Crippen molar-refractivity contribution < 1.29 is 0 Å². The summed E-state index contributed by atoms with van der Waals surface area (Å²) in [6, 6.07) is 9.56. The zero-order valence-electron chi connectivity index (χ0n) is 8.92. The van der Waals surface area contributed by atoms with Gasteiger partial charge in [-0.1, -0.05) is 51.3 Å². The number of benzene rings is 1. The van der Waals surface area contributed by atoms with Gasteiger partial charge in [-0.2, -0.15) is 0 Å². The monoisotopic (exact) mass is 341 g/mol. The molecule has 0 spiro atoms. The number of H-pyrrole nitrogens is 1. The van der Waals surface area contributed by atoms with Crippen molar-refractivity contribution in [2.75, 3.05) is 0 Å². The van der Waals surface area contributed by atoms with Gasteiger partial charge in [0.15, 0.2) is 5.65 Å². The highest BCUT2D eigenvalue weighted by molar-refractivity contribution is 9.10. The number of pyridine rings is 1. The van der Waals surface area contributed by atoms with Crippen molar-refractivity contribution >= 4 is 50.3 Å². The van der Waals surface area contributed by atoms with Crippen molar-refractivity contribution in [2.24, 2.45) is 0 Å². The Morgan fingerprint density at radius 1 is 1.06 bits per heavy atom. The smallest absolute Gasteiger partial charge is 0.179 e. The lowest BCUT2D eigenvalue weighted by Crippen LogP contribution is -1.80. The number of aromatic nitrogens is 3. The third kappa shape index (κ3) is 2.11. The molecule has 2 aromatic heterocycles. The highest BCUT2D eigenvalue weighted by atomic mass is 79.9. The maximum atomic E-state index is 5.92. The predicted molar refractivity (Wildman–Crippen MR) is 77.0 cm³/mol. The van der Waals surface area contributed by atoms with Gasteiger partial charge in [-0.3, -0.25) is 0 Å². The van der Waals surface area contributed by atoms with Crippen LogP contribution < -0.4 is 0 Å². The van der Waals surface area contributed by atoms with E-state index in [2.05, 4.69) is 30.9 Å². The van der Waals surface area contributed by atoms with Crippen LogP contribution in [-0.4, -0.2) is 15.0 Å². The summed E-state index contributed by atoms with van der Waals surface area (Å²) < 4.78 is 1.02. The van der Waals surface area contributed by atoms with E-state index in [1.54, 1.807) is 6.07 Å². The van der Waals surface area contributed by atoms with Crippen LogP contribution in [0, 0.1) is 0 Å². The van der Waals surface area contributed by atoms with Gasteiger partial charge >= 0.3 is 0 Å². The first kappa shape index (κ1) is 12.0. The summed E-state index contributed by atoms with van der Waals surface area (Å²) in [4.78, 5) is 11.7. The molecular formula is C12H6BrCl2N3. The van der Waals surface area contributed by atoms with Crippen molar-refractivity contribution in [3.05, 3.63) is 45.0 Å². The average molecular weight is 343 g/mol. The highest BCUT2D eigenvalue weighted by Gasteiger charge is 2.09. The molecule has 0 saturated carbocycles. The minimum atomic E-state index is 0.262. The molecule has 0 amide bonds. The summed E-state index contributed by atoms with van der Waals surface area (Å²) in [6.07, 6.45) is 0. The summed E-state index contributed by atoms with van der Waals surface area (Å²) >= 11 is 15.2. The number of hydrogen-bond donors (Lipinski definition) is 1. The molecule has 90 valence electrons. The molecule has 1 N–H and O–H groups in total. The van der Waals surface area contributed by atoms with Crippen LogP contribution in [-0.2, 0) is 0 Å². The van der Waals surface area contributed by atoms with Crippen LogP contribution in [0.4, 0.5) is 0 Å². The van der Waals surface area contributed by atoms with E-state index in [9.17, 15) is 0 Å². The Balaban J connectivity index is 2.16. The van der Waals surface area contributed by atoms with Crippen LogP contribution in [0.2, 0.25) is 10.2 Å². The Morgan fingerprint density at radius 2 is 1.78 bits per heavy atom. The third-order valence-corrected chi connectivity index (χ3v) is 3.70. The van der Waals surface area contributed by atoms with Crippen molar-refractivity contribution in [1.82, 2.24) is 15.0 Å². The second-order valence-corrected chi connectivity index (χ2v) is 5.41. The van der Waals surface area contributed by atoms with Gasteiger partial charge in [0.05, 0.1) is 10.5 Å². The molecule has 0 unspecified atom stereocenters. The minimum Gasteiger partial charge on any atom is -0.337 e. The van der Waals surface area contributed by atoms with E-state index in [0.717, 1.165) is 21.4 Å². The molecule has 3 rings (SSSR count). The fourth-order valence-electron chi connectivity index (χ4n) is 1.64. The number of halogens is 3. The second kappa shape index (κ2) is 4.53. The zero-order valence-corrected chi connectivity index (χ0v) is 12.0. The third-order valence-electron chi connectivity index (χ3n) is 2.50. The van der Waals surface area contributed by atoms with E-state index in [1.165, 1.54) is 0 Å². The van der Waals surface area contributed by atoms with Crippen molar-refractivity contribution in [3.8, 4) is 11.4 Å². The van der Waals surface area contributed by atoms with Crippen LogP contribution in [0.1, 0.15) is 0 Å². The molecule has 0 radical (unpaired) electrons. The van der Waals surface area contributed by atoms with E-state index in [1.807, 2.05) is 24.3 Å². The van der Waals surface area contributed by atoms with Crippen molar-refractivity contribution in [1.29, 1.82) is 0 Å². The van der Waals surface area contributed by atoms with Crippen LogP contribution in [0.5, 0.6) is 0 Å². The standard InChI is InChI=1S/C12H6BrCl2N3/c13-7-3-1-6(2-4-7)11-16-9-5-8(14)10(15)17-12(9)18-11/h1-5H,(H,16,17,18). The van der Waals surface area contributed by atoms with Crippen LogP contribution in [0.15, 0.2) is 34.8 Å². The van der Waals surface area contributed by atoms with Crippen LogP contribution >= 0.6 is 39.1 Å². The number of nitrogens with zero attached hydrogens (tertiary/aromatic N) is 2. The van der Waals surface area contributed by atoms with E-state index < -0.39 is 0 Å². The Kier molecular flexibility index (Phi) is 3.01. The van der Waals surface area contributed by atoms with Crippen LogP contribution in [0.3, 0.4) is 0 Å². The van der Waals surface area contributed by atoms with E-state index >= 15 is 0 Å². The van der Waals surface area contributed by atoms with Gasteiger partial charge < -0.3 is 4.98 Å². The van der Waals surface area contributed by atoms with Crippen LogP contribution in [0.25, 0.3) is 22.6 Å². The lowest BCUT2D eigenvalue weighted by atomic mass is 10.2. The number of hydrogen-bond acceptors (Lipinski definition) is 2. The normalized spacial score (nSPS) is 11.1. The molecule has 18 heavy (non-hydrogen) atoms. The molecule has 2 heterocycles. The maximum Gasteiger partial charge on any atom is 0.179 e. The fraction of sp³-hybridized carbons (Fsp3) is 0. The van der Waals surface area contributed by atoms with Gasteiger partial charge in [-0.05, 0) is 18.2 Å². The molecule has 1 aromatic carbocycles. The summed E-state index contributed by atoms with van der Waals surface area (Å²) in [5, 5.41) is 0.674. The van der Waals surface area contributed by atoms with Gasteiger partial charge in [0, 0.05) is 10.0 Å². The molecule has 0 aliphatic rings. The van der Waals surface area contributed by atoms with E-state index in [4.69, 9.17) is 23.2 Å². The number of aromatic amines is 1. The van der Waals surface area contributed by atoms with Gasteiger partial charge in [0.2, 0.25) is 0 Å². The maximum absolute atomic E-state index is 5.92. The van der Waals surface area contributed by atoms with Gasteiger partial charge in [-0.25, -0.2) is 9.97 Å². The molecule has 0 bridgehead atoms. The molecule has 0 fully saturated rings. The SMILES string of the molecule is Clc1cc2[nH]c(-c3ccc(Br)cc3)nc2nc1Cl. The highest BCUT2D eigenvalue weighted by Crippen LogP contribution is 2.26. The van der Waals surface area contributed by atoms with E-state index in [0.29, 0.717) is 10.7 Å². The fourth-order valence-corrected chi connectivity index (χ4v) is 2.19. The van der Waals surface area contributed by atoms with Gasteiger partial charge in [-0.15, -0.1) is 0 Å². The van der Waals surface area contributed by atoms with Crippen molar-refractivity contribution in [2.45, 2.75) is 0 Å². The minimum absolute atomic E-state index is 0.262. The molecular weight excluding hydrogens is 337 g/mol. The molecule has 3 nitrogen and oxygen atoms in total. The quantitative estimate of drug-likeness (QED) is 0.651. The first-order valence-corrected chi connectivity index (χ1v) is 6.66. The topological polar surface area (TPSA) is 41.6 Å². The number of imidazole rings is 1. The Bertz CT molecular complexity index is 683. The summed E-state index contributed by atoms with van der Waals surface area (Å²) in [6.45, 7) is 0. The number of rotatable bonds is 1. The molecule has 0 aliphatic carbocycles. The largest absolute Gasteiger partial charge is 0.337 e. The second-order valence-electron chi connectivity index (χ2n) is 3.72. The number of nitrogens with one attached hydrogen (secondary N) is 1. The van der Waals surface area contributed by atoms with Crippen molar-refractivity contribution in [3.63, 3.8) is 0 Å². The molecule has 3 aromatic rings.